The molecule has 2 N–H and O–H groups in total. The summed E-state index contributed by atoms with van der Waals surface area (Å²) in [5.74, 6) is 0. The van der Waals surface area contributed by atoms with Crippen LogP contribution in [0.2, 0.25) is 0 Å². The number of ether oxygens (including phenoxy) is 1. The molecule has 90 valence electrons. The summed E-state index contributed by atoms with van der Waals surface area (Å²) in [5.41, 5.74) is 7.34. The zero-order valence-electron chi connectivity index (χ0n) is 10.2. The van der Waals surface area contributed by atoms with Gasteiger partial charge in [0.25, 0.3) is 0 Å². The summed E-state index contributed by atoms with van der Waals surface area (Å²) >= 11 is 2.33. The Balaban J connectivity index is 2.60. The maximum absolute atomic E-state index is 6.20. The summed E-state index contributed by atoms with van der Waals surface area (Å²) in [6.07, 6.45) is 1.91. The van der Waals surface area contributed by atoms with Crippen molar-refractivity contribution in [2.45, 2.75) is 38.3 Å². The van der Waals surface area contributed by atoms with Crippen molar-refractivity contribution >= 4 is 22.6 Å². The Bertz CT molecular complexity index is 338. The fourth-order valence-corrected chi connectivity index (χ4v) is 2.32. The molecule has 16 heavy (non-hydrogen) atoms. The zero-order chi connectivity index (χ0) is 12.2. The van der Waals surface area contributed by atoms with Gasteiger partial charge in [-0.1, -0.05) is 18.2 Å². The molecule has 1 atom stereocenters. The average Bonchev–Trinajstić information content (AvgIpc) is 2.27. The van der Waals surface area contributed by atoms with E-state index in [1.54, 1.807) is 7.11 Å². The van der Waals surface area contributed by atoms with Crippen LogP contribution in [0.3, 0.4) is 0 Å². The van der Waals surface area contributed by atoms with Gasteiger partial charge >= 0.3 is 0 Å². The maximum Gasteiger partial charge on any atom is 0.0623 e. The van der Waals surface area contributed by atoms with Crippen LogP contribution in [-0.2, 0) is 4.74 Å². The van der Waals surface area contributed by atoms with Crippen LogP contribution < -0.4 is 5.73 Å². The molecule has 0 saturated heterocycles. The van der Waals surface area contributed by atoms with Gasteiger partial charge in [-0.3, -0.25) is 0 Å². The second-order valence-corrected chi connectivity index (χ2v) is 5.79. The Morgan fingerprint density at radius 1 is 1.38 bits per heavy atom. The van der Waals surface area contributed by atoms with Crippen molar-refractivity contribution in [3.63, 3.8) is 0 Å². The number of rotatable bonds is 5. The Morgan fingerprint density at radius 2 is 2.00 bits per heavy atom. The van der Waals surface area contributed by atoms with Gasteiger partial charge in [0.15, 0.2) is 0 Å². The predicted octanol–water partition coefficient (Wildman–Crippen LogP) is 3.50. The molecule has 0 aliphatic rings. The third-order valence-corrected chi connectivity index (χ3v) is 3.90. The molecule has 1 aromatic rings. The molecule has 1 aromatic carbocycles. The van der Waals surface area contributed by atoms with Gasteiger partial charge in [-0.05, 0) is 60.9 Å². The molecule has 1 rings (SSSR count). The van der Waals surface area contributed by atoms with Crippen LogP contribution in [0.1, 0.15) is 38.3 Å². The van der Waals surface area contributed by atoms with Crippen LogP contribution in [-0.4, -0.2) is 12.7 Å². The maximum atomic E-state index is 6.20. The number of benzene rings is 1. The molecule has 0 amide bonds. The van der Waals surface area contributed by atoms with Crippen molar-refractivity contribution in [2.24, 2.45) is 5.73 Å². The smallest absolute Gasteiger partial charge is 0.0623 e. The Morgan fingerprint density at radius 3 is 2.56 bits per heavy atom. The number of methoxy groups -OCH3 is 1. The van der Waals surface area contributed by atoms with E-state index in [-0.39, 0.29) is 11.6 Å². The van der Waals surface area contributed by atoms with Crippen molar-refractivity contribution in [3.05, 3.63) is 33.4 Å². The molecule has 1 unspecified atom stereocenters. The summed E-state index contributed by atoms with van der Waals surface area (Å²) in [4.78, 5) is 0. The second kappa shape index (κ2) is 5.98. The first-order chi connectivity index (χ1) is 7.46. The largest absolute Gasteiger partial charge is 0.379 e. The van der Waals surface area contributed by atoms with Crippen molar-refractivity contribution in [1.82, 2.24) is 0 Å². The second-order valence-electron chi connectivity index (χ2n) is 4.63. The fraction of sp³-hybridized carbons (Fsp3) is 0.538. The molecule has 0 aliphatic carbocycles. The van der Waals surface area contributed by atoms with E-state index in [2.05, 4.69) is 48.6 Å². The van der Waals surface area contributed by atoms with Crippen molar-refractivity contribution in [2.75, 3.05) is 7.11 Å². The highest BCUT2D eigenvalue weighted by atomic mass is 127. The molecule has 0 radical (unpaired) electrons. The summed E-state index contributed by atoms with van der Waals surface area (Å²) in [6.45, 7) is 4.19. The molecule has 0 aromatic heterocycles. The fourth-order valence-electron chi connectivity index (χ4n) is 1.54. The quantitative estimate of drug-likeness (QED) is 0.837. The summed E-state index contributed by atoms with van der Waals surface area (Å²) in [5, 5.41) is 0. The molecule has 0 bridgehead atoms. The number of halogens is 1. The average molecular weight is 333 g/mol. The van der Waals surface area contributed by atoms with Gasteiger partial charge in [-0.25, -0.2) is 0 Å². The van der Waals surface area contributed by atoms with E-state index in [1.807, 2.05) is 12.1 Å². The van der Waals surface area contributed by atoms with Gasteiger partial charge in [0.2, 0.25) is 0 Å². The Labute approximate surface area is 112 Å². The third kappa shape index (κ3) is 4.03. The molecule has 0 fully saturated rings. The topological polar surface area (TPSA) is 35.2 Å². The predicted molar refractivity (Wildman–Crippen MR) is 76.4 cm³/mol. The normalized spacial score (nSPS) is 13.8. The molecule has 0 spiro atoms. The van der Waals surface area contributed by atoms with E-state index in [9.17, 15) is 0 Å². The van der Waals surface area contributed by atoms with Gasteiger partial charge in [0, 0.05) is 16.7 Å². The van der Waals surface area contributed by atoms with Crippen LogP contribution in [0.4, 0.5) is 0 Å². The van der Waals surface area contributed by atoms with Gasteiger partial charge < -0.3 is 10.5 Å². The summed E-state index contributed by atoms with van der Waals surface area (Å²) < 4.78 is 6.64. The van der Waals surface area contributed by atoms with E-state index >= 15 is 0 Å². The van der Waals surface area contributed by atoms with Crippen LogP contribution in [0, 0.1) is 3.57 Å². The van der Waals surface area contributed by atoms with Crippen LogP contribution in [0.25, 0.3) is 0 Å². The zero-order valence-corrected chi connectivity index (χ0v) is 12.3. The molecular weight excluding hydrogens is 313 g/mol. The molecule has 0 heterocycles. The lowest BCUT2D eigenvalue weighted by Gasteiger charge is -2.25. The third-order valence-electron chi connectivity index (χ3n) is 2.91. The Kier molecular flexibility index (Phi) is 5.21. The van der Waals surface area contributed by atoms with Gasteiger partial charge in [-0.15, -0.1) is 0 Å². The molecule has 2 nitrogen and oxygen atoms in total. The van der Waals surface area contributed by atoms with E-state index in [0.717, 1.165) is 12.8 Å². The minimum Gasteiger partial charge on any atom is -0.379 e. The highest BCUT2D eigenvalue weighted by Crippen LogP contribution is 2.25. The van der Waals surface area contributed by atoms with Crippen molar-refractivity contribution in [1.29, 1.82) is 0 Å². The lowest BCUT2D eigenvalue weighted by molar-refractivity contribution is 0.0125. The monoisotopic (exact) mass is 333 g/mol. The number of hydrogen-bond acceptors (Lipinski definition) is 2. The van der Waals surface area contributed by atoms with Crippen molar-refractivity contribution < 1.29 is 4.74 Å². The lowest BCUT2D eigenvalue weighted by atomic mass is 9.95. The summed E-state index contributed by atoms with van der Waals surface area (Å²) in [7, 11) is 1.75. The molecule has 0 aliphatic heterocycles. The van der Waals surface area contributed by atoms with E-state index < -0.39 is 0 Å². The van der Waals surface area contributed by atoms with Gasteiger partial charge in [-0.2, -0.15) is 0 Å². The minimum absolute atomic E-state index is 0.0855. The van der Waals surface area contributed by atoms with E-state index in [4.69, 9.17) is 10.5 Å². The van der Waals surface area contributed by atoms with Gasteiger partial charge in [0.05, 0.1) is 5.60 Å². The highest BCUT2D eigenvalue weighted by Gasteiger charge is 2.19. The molecule has 0 saturated carbocycles. The SMILES string of the molecule is COC(C)(C)CCC(N)c1ccccc1I. The van der Waals surface area contributed by atoms with E-state index in [1.165, 1.54) is 9.13 Å². The molecule has 3 heteroatoms. The molecular formula is C13H20INO. The number of hydrogen-bond donors (Lipinski definition) is 1. The standard InChI is InChI=1S/C13H20INO/c1-13(2,16-3)9-8-12(15)10-6-4-5-7-11(10)14/h4-7,12H,8-9,15H2,1-3H3. The van der Waals surface area contributed by atoms with Crippen LogP contribution >= 0.6 is 22.6 Å². The lowest BCUT2D eigenvalue weighted by Crippen LogP contribution is -2.24. The minimum atomic E-state index is -0.0855. The van der Waals surface area contributed by atoms with E-state index in [0.29, 0.717) is 0 Å². The van der Waals surface area contributed by atoms with Crippen molar-refractivity contribution in [3.8, 4) is 0 Å². The van der Waals surface area contributed by atoms with Crippen LogP contribution in [0.5, 0.6) is 0 Å². The first-order valence-corrected chi connectivity index (χ1v) is 6.59. The van der Waals surface area contributed by atoms with Crippen LogP contribution in [0.15, 0.2) is 24.3 Å². The first kappa shape index (κ1) is 13.9. The van der Waals surface area contributed by atoms with Gasteiger partial charge in [0.1, 0.15) is 0 Å². The summed E-state index contributed by atoms with van der Waals surface area (Å²) in [6, 6.07) is 8.38. The Hall–Kier alpha value is -0.130. The first-order valence-electron chi connectivity index (χ1n) is 5.51. The number of nitrogens with two attached hydrogens (primary N) is 1. The highest BCUT2D eigenvalue weighted by molar-refractivity contribution is 14.1.